The molecule has 2 N–H and O–H groups in total. The van der Waals surface area contributed by atoms with Crippen molar-refractivity contribution in [2.75, 3.05) is 0 Å². The molecule has 3 rings (SSSR count). The maximum absolute atomic E-state index is 11.3. The molecule has 130 valence electrons. The average Bonchev–Trinajstić information content (AvgIpc) is 2.54. The number of aromatic hydroxyl groups is 1. The zero-order chi connectivity index (χ0) is 17.3. The zero-order valence-corrected chi connectivity index (χ0v) is 14.4. The summed E-state index contributed by atoms with van der Waals surface area (Å²) >= 11 is 0. The second kappa shape index (κ2) is 6.88. The molecule has 1 aromatic carbocycles. The molecule has 1 aliphatic carbocycles. The van der Waals surface area contributed by atoms with Gasteiger partial charge in [0.2, 0.25) is 0 Å². The summed E-state index contributed by atoms with van der Waals surface area (Å²) < 4.78 is 6.09. The van der Waals surface area contributed by atoms with Crippen LogP contribution < -0.4 is 4.74 Å². The molecule has 4 heteroatoms. The van der Waals surface area contributed by atoms with Crippen LogP contribution in [0.25, 0.3) is 0 Å². The van der Waals surface area contributed by atoms with Crippen LogP contribution in [0.2, 0.25) is 0 Å². The highest BCUT2D eigenvalue weighted by Crippen LogP contribution is 2.50. The van der Waals surface area contributed by atoms with Gasteiger partial charge in [-0.2, -0.15) is 0 Å². The number of benzene rings is 1. The van der Waals surface area contributed by atoms with E-state index in [9.17, 15) is 15.0 Å². The van der Waals surface area contributed by atoms with E-state index >= 15 is 0 Å². The lowest BCUT2D eigenvalue weighted by Gasteiger charge is -2.40. The number of rotatable bonds is 5. The quantitative estimate of drug-likeness (QED) is 0.785. The molecule has 0 saturated heterocycles. The fourth-order valence-electron chi connectivity index (χ4n) is 4.04. The van der Waals surface area contributed by atoms with Gasteiger partial charge in [0, 0.05) is 23.0 Å². The first-order chi connectivity index (χ1) is 11.5. The molecular formula is C20H26O4. The first-order valence-corrected chi connectivity index (χ1v) is 8.97. The minimum atomic E-state index is -0.857. The third-order valence-electron chi connectivity index (χ3n) is 5.36. The number of hydrogen-bond donors (Lipinski definition) is 2. The fraction of sp³-hybridized carbons (Fsp3) is 0.550. The molecule has 0 aromatic heterocycles. The van der Waals surface area contributed by atoms with Gasteiger partial charge in [-0.25, -0.2) is 4.79 Å². The van der Waals surface area contributed by atoms with Crippen molar-refractivity contribution < 1.29 is 19.7 Å². The van der Waals surface area contributed by atoms with Gasteiger partial charge in [-0.15, -0.1) is 0 Å². The molecule has 3 unspecified atom stereocenters. The summed E-state index contributed by atoms with van der Waals surface area (Å²) in [6, 6.07) is 3.86. The summed E-state index contributed by atoms with van der Waals surface area (Å²) in [5, 5.41) is 19.9. The Morgan fingerprint density at radius 1 is 1.33 bits per heavy atom. The van der Waals surface area contributed by atoms with Crippen LogP contribution in [-0.4, -0.2) is 22.3 Å². The van der Waals surface area contributed by atoms with Crippen LogP contribution >= 0.6 is 0 Å². The van der Waals surface area contributed by atoms with Crippen molar-refractivity contribution in [2.24, 2.45) is 5.92 Å². The molecule has 0 amide bonds. The summed E-state index contributed by atoms with van der Waals surface area (Å²) in [5.41, 5.74) is 2.29. The first-order valence-electron chi connectivity index (χ1n) is 8.97. The van der Waals surface area contributed by atoms with E-state index in [0.29, 0.717) is 12.0 Å². The lowest BCUT2D eigenvalue weighted by Crippen LogP contribution is -2.35. The Kier molecular flexibility index (Phi) is 4.83. The zero-order valence-electron chi connectivity index (χ0n) is 14.4. The molecule has 1 aromatic rings. The molecule has 1 heterocycles. The van der Waals surface area contributed by atoms with Gasteiger partial charge in [0.15, 0.2) is 0 Å². The molecule has 0 spiro atoms. The van der Waals surface area contributed by atoms with E-state index in [-0.39, 0.29) is 23.7 Å². The maximum atomic E-state index is 11.3. The molecule has 4 nitrogen and oxygen atoms in total. The number of ether oxygens (including phenoxy) is 1. The number of aryl methyl sites for hydroxylation is 1. The number of carboxylic acids is 1. The van der Waals surface area contributed by atoms with Gasteiger partial charge in [0.1, 0.15) is 11.5 Å². The van der Waals surface area contributed by atoms with Gasteiger partial charge in [0.05, 0.1) is 6.10 Å². The highest BCUT2D eigenvalue weighted by Gasteiger charge is 2.39. The summed E-state index contributed by atoms with van der Waals surface area (Å²) in [4.78, 5) is 11.3. The topological polar surface area (TPSA) is 66.8 Å². The van der Waals surface area contributed by atoms with E-state index in [1.54, 1.807) is 0 Å². The van der Waals surface area contributed by atoms with Gasteiger partial charge in [-0.05, 0) is 50.3 Å². The van der Waals surface area contributed by atoms with E-state index in [4.69, 9.17) is 4.74 Å². The molecule has 0 saturated carbocycles. The number of phenols is 1. The number of unbranched alkanes of at least 4 members (excludes halogenated alkanes) is 2. The van der Waals surface area contributed by atoms with Gasteiger partial charge in [0.25, 0.3) is 0 Å². The summed E-state index contributed by atoms with van der Waals surface area (Å²) in [7, 11) is 0. The van der Waals surface area contributed by atoms with Crippen molar-refractivity contribution >= 4 is 5.97 Å². The van der Waals surface area contributed by atoms with Crippen LogP contribution in [0.3, 0.4) is 0 Å². The Bertz CT molecular complexity index is 662. The second-order valence-corrected chi connectivity index (χ2v) is 7.03. The smallest absolute Gasteiger partial charge is 0.331 e. The van der Waals surface area contributed by atoms with Gasteiger partial charge in [-0.3, -0.25) is 0 Å². The molecule has 0 radical (unpaired) electrons. The van der Waals surface area contributed by atoms with Crippen molar-refractivity contribution in [3.8, 4) is 11.5 Å². The van der Waals surface area contributed by atoms with Crippen LogP contribution in [0, 0.1) is 5.92 Å². The first kappa shape index (κ1) is 16.9. The Morgan fingerprint density at radius 3 is 2.83 bits per heavy atom. The van der Waals surface area contributed by atoms with E-state index in [1.807, 2.05) is 25.1 Å². The summed E-state index contributed by atoms with van der Waals surface area (Å²) in [6.45, 7) is 4.21. The third kappa shape index (κ3) is 3.14. The van der Waals surface area contributed by atoms with Crippen LogP contribution in [0.1, 0.15) is 63.0 Å². The van der Waals surface area contributed by atoms with Crippen LogP contribution in [0.15, 0.2) is 23.8 Å². The normalized spacial score (nSPS) is 25.2. The number of fused-ring (bicyclic) bond motifs is 3. The number of allylic oxidation sites excluding steroid dienone is 1. The number of carboxylic acid groups (broad SMARTS) is 1. The Hall–Kier alpha value is -1.97. The third-order valence-corrected chi connectivity index (χ3v) is 5.36. The van der Waals surface area contributed by atoms with E-state index in [0.717, 1.165) is 42.6 Å². The van der Waals surface area contributed by atoms with Crippen molar-refractivity contribution in [2.45, 2.75) is 64.4 Å². The van der Waals surface area contributed by atoms with E-state index in [1.165, 1.54) is 6.42 Å². The largest absolute Gasteiger partial charge is 0.507 e. The minimum absolute atomic E-state index is 0.0272. The van der Waals surface area contributed by atoms with Gasteiger partial charge >= 0.3 is 5.97 Å². The average molecular weight is 330 g/mol. The molecule has 0 bridgehead atoms. The molecular weight excluding hydrogens is 304 g/mol. The maximum Gasteiger partial charge on any atom is 0.331 e. The standard InChI is InChI=1S/C20H26O4/c1-3-4-5-6-13-9-17(21)19-16-11-14(20(22)23)7-8-15(16)12(2)24-18(19)10-13/h9-12,15-16,21H,3-8H2,1-2H3,(H,22,23). The van der Waals surface area contributed by atoms with Crippen LogP contribution in [0.4, 0.5) is 0 Å². The number of phenolic OH excluding ortho intramolecular Hbond substituents is 1. The lowest BCUT2D eigenvalue weighted by molar-refractivity contribution is -0.133. The van der Waals surface area contributed by atoms with E-state index in [2.05, 4.69) is 6.92 Å². The van der Waals surface area contributed by atoms with Crippen molar-refractivity contribution in [1.29, 1.82) is 0 Å². The van der Waals surface area contributed by atoms with Crippen molar-refractivity contribution in [3.05, 3.63) is 34.9 Å². The molecule has 3 atom stereocenters. The predicted octanol–water partition coefficient (Wildman–Crippen LogP) is 4.41. The second-order valence-electron chi connectivity index (χ2n) is 7.03. The molecule has 0 fully saturated rings. The van der Waals surface area contributed by atoms with Crippen LogP contribution in [0.5, 0.6) is 11.5 Å². The predicted molar refractivity (Wildman–Crippen MR) is 92.6 cm³/mol. The van der Waals surface area contributed by atoms with Crippen molar-refractivity contribution in [3.63, 3.8) is 0 Å². The summed E-state index contributed by atoms with van der Waals surface area (Å²) in [6.07, 6.45) is 7.55. The van der Waals surface area contributed by atoms with Gasteiger partial charge < -0.3 is 14.9 Å². The highest BCUT2D eigenvalue weighted by atomic mass is 16.5. The number of carbonyl (C=O) groups is 1. The lowest BCUT2D eigenvalue weighted by atomic mass is 9.72. The van der Waals surface area contributed by atoms with E-state index < -0.39 is 5.97 Å². The SMILES string of the molecule is CCCCCc1cc(O)c2c(c1)OC(C)C1CCC(C(=O)O)=CC21. The van der Waals surface area contributed by atoms with Crippen LogP contribution in [-0.2, 0) is 11.2 Å². The monoisotopic (exact) mass is 330 g/mol. The number of hydrogen-bond acceptors (Lipinski definition) is 3. The highest BCUT2D eigenvalue weighted by molar-refractivity contribution is 5.87. The molecule has 2 aliphatic rings. The van der Waals surface area contributed by atoms with Gasteiger partial charge in [-0.1, -0.05) is 25.8 Å². The molecule has 1 aliphatic heterocycles. The Balaban J connectivity index is 1.96. The van der Waals surface area contributed by atoms with Crippen molar-refractivity contribution in [1.82, 2.24) is 0 Å². The number of aliphatic carboxylic acids is 1. The Labute approximate surface area is 143 Å². The summed E-state index contributed by atoms with van der Waals surface area (Å²) in [5.74, 6) is 0.248. The fourth-order valence-corrected chi connectivity index (χ4v) is 4.04. The Morgan fingerprint density at radius 2 is 2.12 bits per heavy atom. The molecule has 24 heavy (non-hydrogen) atoms. The minimum Gasteiger partial charge on any atom is -0.507 e.